The molecular weight excluding hydrogens is 210 g/mol. The zero-order valence-electron chi connectivity index (χ0n) is 11.8. The van der Waals surface area contributed by atoms with Crippen molar-refractivity contribution < 1.29 is 4.74 Å². The molecule has 1 fully saturated rings. The predicted molar refractivity (Wildman–Crippen MR) is 74.2 cm³/mol. The molecule has 0 saturated heterocycles. The molecule has 0 aromatic heterocycles. The minimum Gasteiger partial charge on any atom is -0.383 e. The summed E-state index contributed by atoms with van der Waals surface area (Å²) in [7, 11) is 1.75. The molecule has 100 valence electrons. The highest BCUT2D eigenvalue weighted by Crippen LogP contribution is 2.30. The van der Waals surface area contributed by atoms with Gasteiger partial charge < -0.3 is 10.1 Å². The second-order valence-corrected chi connectivity index (χ2v) is 5.38. The van der Waals surface area contributed by atoms with Crippen molar-refractivity contribution >= 4 is 0 Å². The van der Waals surface area contributed by atoms with Crippen LogP contribution in [-0.4, -0.2) is 26.8 Å². The molecule has 1 rings (SSSR count). The van der Waals surface area contributed by atoms with Crippen molar-refractivity contribution in [1.82, 2.24) is 5.32 Å². The van der Waals surface area contributed by atoms with Crippen molar-refractivity contribution in [3.05, 3.63) is 11.6 Å². The normalized spacial score (nSPS) is 26.2. The highest BCUT2D eigenvalue weighted by molar-refractivity contribution is 5.06. The minimum atomic E-state index is 0.803. The van der Waals surface area contributed by atoms with Gasteiger partial charge in [-0.05, 0) is 31.1 Å². The average molecular weight is 239 g/mol. The number of ether oxygens (including phenoxy) is 1. The van der Waals surface area contributed by atoms with E-state index in [-0.39, 0.29) is 0 Å². The first-order chi connectivity index (χ1) is 8.26. The summed E-state index contributed by atoms with van der Waals surface area (Å²) in [6.45, 7) is 7.44. The van der Waals surface area contributed by atoms with Crippen molar-refractivity contribution in [2.24, 2.45) is 11.8 Å². The molecule has 0 spiro atoms. The van der Waals surface area contributed by atoms with Crippen LogP contribution in [0.4, 0.5) is 0 Å². The Kier molecular flexibility index (Phi) is 7.54. The summed E-state index contributed by atoms with van der Waals surface area (Å²) in [6.07, 6.45) is 9.34. The fraction of sp³-hybridized carbons (Fsp3) is 0.867. The largest absolute Gasteiger partial charge is 0.383 e. The second kappa shape index (κ2) is 8.71. The van der Waals surface area contributed by atoms with Crippen molar-refractivity contribution in [1.29, 1.82) is 0 Å². The summed E-state index contributed by atoms with van der Waals surface area (Å²) in [5, 5.41) is 3.44. The van der Waals surface area contributed by atoms with E-state index in [0.717, 1.165) is 31.5 Å². The SMILES string of the molecule is CCC(=CC1CCCC(C)C1)CNCCOC. The Hall–Kier alpha value is -0.340. The standard InChI is InChI=1S/C15H29NO/c1-4-14(12-16-8-9-17-3)11-15-7-5-6-13(2)10-15/h11,13,15-16H,4-10,12H2,1-3H3. The van der Waals surface area contributed by atoms with E-state index < -0.39 is 0 Å². The fourth-order valence-electron chi connectivity index (χ4n) is 2.69. The monoisotopic (exact) mass is 239 g/mol. The maximum absolute atomic E-state index is 5.04. The smallest absolute Gasteiger partial charge is 0.0587 e. The van der Waals surface area contributed by atoms with Crippen molar-refractivity contribution in [3.63, 3.8) is 0 Å². The van der Waals surface area contributed by atoms with Crippen LogP contribution in [0, 0.1) is 11.8 Å². The van der Waals surface area contributed by atoms with Gasteiger partial charge in [0.15, 0.2) is 0 Å². The van der Waals surface area contributed by atoms with E-state index in [9.17, 15) is 0 Å². The fourth-order valence-corrected chi connectivity index (χ4v) is 2.69. The Morgan fingerprint density at radius 3 is 2.88 bits per heavy atom. The summed E-state index contributed by atoms with van der Waals surface area (Å²) in [6, 6.07) is 0. The maximum Gasteiger partial charge on any atom is 0.0587 e. The van der Waals surface area contributed by atoms with E-state index in [2.05, 4.69) is 25.2 Å². The number of methoxy groups -OCH3 is 1. The average Bonchev–Trinajstić information content (AvgIpc) is 2.33. The quantitative estimate of drug-likeness (QED) is 0.543. The van der Waals surface area contributed by atoms with Crippen molar-refractivity contribution in [2.45, 2.75) is 46.0 Å². The molecule has 17 heavy (non-hydrogen) atoms. The molecule has 2 heteroatoms. The molecule has 2 nitrogen and oxygen atoms in total. The number of allylic oxidation sites excluding steroid dienone is 1. The van der Waals surface area contributed by atoms with Gasteiger partial charge in [0, 0.05) is 20.2 Å². The number of hydrogen-bond acceptors (Lipinski definition) is 2. The molecule has 2 unspecified atom stereocenters. The van der Waals surface area contributed by atoms with Crippen LogP contribution in [0.2, 0.25) is 0 Å². The van der Waals surface area contributed by atoms with Gasteiger partial charge in [-0.2, -0.15) is 0 Å². The van der Waals surface area contributed by atoms with Gasteiger partial charge in [-0.1, -0.05) is 38.3 Å². The molecule has 1 aliphatic carbocycles. The third kappa shape index (κ3) is 6.23. The van der Waals surface area contributed by atoms with E-state index in [0.29, 0.717) is 0 Å². The van der Waals surface area contributed by atoms with Gasteiger partial charge in [-0.3, -0.25) is 0 Å². The first-order valence-electron chi connectivity index (χ1n) is 7.15. The second-order valence-electron chi connectivity index (χ2n) is 5.38. The molecule has 0 aromatic carbocycles. The molecule has 2 atom stereocenters. The van der Waals surface area contributed by atoms with Crippen LogP contribution in [0.15, 0.2) is 11.6 Å². The molecule has 1 saturated carbocycles. The van der Waals surface area contributed by atoms with Crippen LogP contribution in [0.1, 0.15) is 46.0 Å². The molecule has 0 aromatic rings. The van der Waals surface area contributed by atoms with Crippen LogP contribution in [0.3, 0.4) is 0 Å². The molecule has 1 N–H and O–H groups in total. The van der Waals surface area contributed by atoms with Crippen LogP contribution in [-0.2, 0) is 4.74 Å². The molecule has 1 aliphatic rings. The summed E-state index contributed by atoms with van der Waals surface area (Å²) in [4.78, 5) is 0. The third-order valence-electron chi connectivity index (χ3n) is 3.74. The number of rotatable bonds is 7. The summed E-state index contributed by atoms with van der Waals surface area (Å²) >= 11 is 0. The van der Waals surface area contributed by atoms with Gasteiger partial charge >= 0.3 is 0 Å². The Bertz CT molecular complexity index is 225. The van der Waals surface area contributed by atoms with E-state index >= 15 is 0 Å². The van der Waals surface area contributed by atoms with Crippen LogP contribution < -0.4 is 5.32 Å². The Labute approximate surface area is 107 Å². The lowest BCUT2D eigenvalue weighted by Crippen LogP contribution is -2.22. The first kappa shape index (κ1) is 14.7. The van der Waals surface area contributed by atoms with E-state index in [1.165, 1.54) is 32.1 Å². The molecule has 0 amide bonds. The number of nitrogens with one attached hydrogen (secondary N) is 1. The van der Waals surface area contributed by atoms with Gasteiger partial charge in [-0.25, -0.2) is 0 Å². The summed E-state index contributed by atoms with van der Waals surface area (Å²) in [5.41, 5.74) is 1.57. The minimum absolute atomic E-state index is 0.803. The van der Waals surface area contributed by atoms with E-state index in [1.807, 2.05) is 0 Å². The van der Waals surface area contributed by atoms with Crippen molar-refractivity contribution in [2.75, 3.05) is 26.8 Å². The first-order valence-corrected chi connectivity index (χ1v) is 7.15. The van der Waals surface area contributed by atoms with Gasteiger partial charge in [0.25, 0.3) is 0 Å². The van der Waals surface area contributed by atoms with Crippen LogP contribution in [0.5, 0.6) is 0 Å². The molecule has 0 bridgehead atoms. The third-order valence-corrected chi connectivity index (χ3v) is 3.74. The molecular formula is C15H29NO. The lowest BCUT2D eigenvalue weighted by Gasteiger charge is -2.25. The van der Waals surface area contributed by atoms with Gasteiger partial charge in [0.1, 0.15) is 0 Å². The van der Waals surface area contributed by atoms with Crippen molar-refractivity contribution in [3.8, 4) is 0 Å². The Balaban J connectivity index is 2.31. The highest BCUT2D eigenvalue weighted by Gasteiger charge is 2.17. The lowest BCUT2D eigenvalue weighted by molar-refractivity contribution is 0.200. The van der Waals surface area contributed by atoms with Crippen LogP contribution in [0.25, 0.3) is 0 Å². The Morgan fingerprint density at radius 1 is 1.41 bits per heavy atom. The van der Waals surface area contributed by atoms with Crippen LogP contribution >= 0.6 is 0 Å². The summed E-state index contributed by atoms with van der Waals surface area (Å²) in [5.74, 6) is 1.75. The Morgan fingerprint density at radius 2 is 2.24 bits per heavy atom. The molecule has 0 radical (unpaired) electrons. The molecule has 0 heterocycles. The number of hydrogen-bond donors (Lipinski definition) is 1. The topological polar surface area (TPSA) is 21.3 Å². The van der Waals surface area contributed by atoms with E-state index in [4.69, 9.17) is 4.74 Å². The van der Waals surface area contributed by atoms with Gasteiger partial charge in [0.2, 0.25) is 0 Å². The molecule has 0 aliphatic heterocycles. The predicted octanol–water partition coefficient (Wildman–Crippen LogP) is 3.39. The van der Waals surface area contributed by atoms with Gasteiger partial charge in [-0.15, -0.1) is 0 Å². The zero-order valence-corrected chi connectivity index (χ0v) is 11.8. The summed E-state index contributed by atoms with van der Waals surface area (Å²) < 4.78 is 5.04. The van der Waals surface area contributed by atoms with Gasteiger partial charge in [0.05, 0.1) is 6.61 Å². The lowest BCUT2D eigenvalue weighted by atomic mass is 9.81. The highest BCUT2D eigenvalue weighted by atomic mass is 16.5. The maximum atomic E-state index is 5.04. The zero-order chi connectivity index (χ0) is 12.5. The van der Waals surface area contributed by atoms with E-state index in [1.54, 1.807) is 12.7 Å².